The number of ether oxygens (including phenoxy) is 1. The third-order valence-corrected chi connectivity index (χ3v) is 4.54. The first kappa shape index (κ1) is 18.5. The van der Waals surface area contributed by atoms with E-state index in [0.717, 1.165) is 5.56 Å². The molecule has 1 aromatic heterocycles. The minimum absolute atomic E-state index is 0.290. The first-order chi connectivity index (χ1) is 13.2. The van der Waals surface area contributed by atoms with E-state index in [1.54, 1.807) is 42.1 Å². The maximum Gasteiger partial charge on any atom is 0.256 e. The van der Waals surface area contributed by atoms with E-state index in [-0.39, 0.29) is 5.91 Å². The summed E-state index contributed by atoms with van der Waals surface area (Å²) in [5.41, 5.74) is 1.97. The quantitative estimate of drug-likeness (QED) is 0.642. The number of hydrogen-bond donors (Lipinski definition) is 1. The first-order valence-corrected chi connectivity index (χ1v) is 9.44. The molecule has 1 N–H and O–H groups in total. The van der Waals surface area contributed by atoms with Gasteiger partial charge in [0.25, 0.3) is 5.91 Å². The molecule has 0 atom stereocenters. The smallest absolute Gasteiger partial charge is 0.256 e. The van der Waals surface area contributed by atoms with Crippen molar-refractivity contribution < 1.29 is 9.53 Å². The van der Waals surface area contributed by atoms with E-state index >= 15 is 0 Å². The summed E-state index contributed by atoms with van der Waals surface area (Å²) in [5, 5.41) is 11.5. The van der Waals surface area contributed by atoms with Crippen LogP contribution >= 0.6 is 11.8 Å². The minimum atomic E-state index is -0.290. The topological polar surface area (TPSA) is 75.0 Å². The standard InChI is InChI=1S/C21H17N3O2S/c1-27-19-8-5-15(6-9-19)14-26-18-4-2-3-17(11-18)21(25)24-20-10-7-16(12-22)13-23-20/h2-11,13H,14H2,1H3,(H,23,24,25). The van der Waals surface area contributed by atoms with Gasteiger partial charge in [0.1, 0.15) is 24.2 Å². The van der Waals surface area contributed by atoms with Crippen LogP contribution in [0, 0.1) is 11.3 Å². The molecule has 0 spiro atoms. The number of thioether (sulfide) groups is 1. The molecule has 0 saturated heterocycles. The highest BCUT2D eigenvalue weighted by atomic mass is 32.2. The predicted molar refractivity (Wildman–Crippen MR) is 106 cm³/mol. The number of hydrogen-bond acceptors (Lipinski definition) is 5. The van der Waals surface area contributed by atoms with E-state index in [0.29, 0.717) is 29.3 Å². The second-order valence-corrected chi connectivity index (χ2v) is 6.54. The van der Waals surface area contributed by atoms with Crippen LogP contribution in [0.15, 0.2) is 71.8 Å². The molecule has 5 nitrogen and oxygen atoms in total. The van der Waals surface area contributed by atoms with Crippen molar-refractivity contribution in [3.05, 3.63) is 83.6 Å². The molecule has 27 heavy (non-hydrogen) atoms. The monoisotopic (exact) mass is 375 g/mol. The fourth-order valence-electron chi connectivity index (χ4n) is 2.34. The van der Waals surface area contributed by atoms with Crippen molar-refractivity contribution in [3.63, 3.8) is 0 Å². The highest BCUT2D eigenvalue weighted by Crippen LogP contribution is 2.18. The summed E-state index contributed by atoms with van der Waals surface area (Å²) >= 11 is 1.69. The number of nitriles is 1. The molecule has 3 rings (SSSR count). The van der Waals surface area contributed by atoms with Gasteiger partial charge in [0.15, 0.2) is 0 Å². The van der Waals surface area contributed by atoms with Crippen LogP contribution < -0.4 is 10.1 Å². The molecule has 0 fully saturated rings. The minimum Gasteiger partial charge on any atom is -0.489 e. The second-order valence-electron chi connectivity index (χ2n) is 5.66. The third kappa shape index (κ3) is 5.09. The molecule has 0 aliphatic rings. The Hall–Kier alpha value is -3.30. The number of rotatable bonds is 6. The Kier molecular flexibility index (Phi) is 6.08. The van der Waals surface area contributed by atoms with E-state index in [1.165, 1.54) is 11.1 Å². The van der Waals surface area contributed by atoms with E-state index in [1.807, 2.05) is 30.5 Å². The lowest BCUT2D eigenvalue weighted by Crippen LogP contribution is -2.13. The molecule has 0 bridgehead atoms. The molecule has 0 radical (unpaired) electrons. The summed E-state index contributed by atoms with van der Waals surface area (Å²) in [5.74, 6) is 0.713. The van der Waals surface area contributed by atoms with Crippen molar-refractivity contribution >= 4 is 23.5 Å². The van der Waals surface area contributed by atoms with Gasteiger partial charge >= 0.3 is 0 Å². The van der Waals surface area contributed by atoms with Crippen LogP contribution in [0.2, 0.25) is 0 Å². The Morgan fingerprint density at radius 2 is 2.00 bits per heavy atom. The molecule has 134 valence electrons. The van der Waals surface area contributed by atoms with Crippen LogP contribution in [0.25, 0.3) is 0 Å². The van der Waals surface area contributed by atoms with Gasteiger partial charge in [0.05, 0.1) is 5.56 Å². The number of nitrogens with one attached hydrogen (secondary N) is 1. The number of anilines is 1. The molecule has 2 aromatic carbocycles. The first-order valence-electron chi connectivity index (χ1n) is 8.21. The molecule has 6 heteroatoms. The van der Waals surface area contributed by atoms with Crippen molar-refractivity contribution in [2.45, 2.75) is 11.5 Å². The van der Waals surface area contributed by atoms with Crippen molar-refractivity contribution in [1.29, 1.82) is 5.26 Å². The van der Waals surface area contributed by atoms with Gasteiger partial charge in [-0.15, -0.1) is 11.8 Å². The predicted octanol–water partition coefficient (Wildman–Crippen LogP) is 4.51. The van der Waals surface area contributed by atoms with E-state index in [2.05, 4.69) is 22.4 Å². The fourth-order valence-corrected chi connectivity index (χ4v) is 2.75. The van der Waals surface area contributed by atoms with E-state index in [4.69, 9.17) is 10.00 Å². The summed E-state index contributed by atoms with van der Waals surface area (Å²) in [6.45, 7) is 0.427. The molecular weight excluding hydrogens is 358 g/mol. The van der Waals surface area contributed by atoms with Crippen LogP contribution in [-0.2, 0) is 6.61 Å². The average Bonchev–Trinajstić information content (AvgIpc) is 2.73. The van der Waals surface area contributed by atoms with Crippen LogP contribution in [0.3, 0.4) is 0 Å². The number of pyridine rings is 1. The van der Waals surface area contributed by atoms with Crippen molar-refractivity contribution in [1.82, 2.24) is 4.98 Å². The summed E-state index contributed by atoms with van der Waals surface area (Å²) in [7, 11) is 0. The van der Waals surface area contributed by atoms with Gasteiger partial charge in [-0.2, -0.15) is 5.26 Å². The van der Waals surface area contributed by atoms with Gasteiger partial charge in [-0.05, 0) is 54.3 Å². The highest BCUT2D eigenvalue weighted by molar-refractivity contribution is 7.98. The van der Waals surface area contributed by atoms with Gasteiger partial charge in [0.2, 0.25) is 0 Å². The van der Waals surface area contributed by atoms with Gasteiger partial charge in [-0.3, -0.25) is 4.79 Å². The van der Waals surface area contributed by atoms with Crippen LogP contribution in [0.4, 0.5) is 5.82 Å². The maximum atomic E-state index is 12.4. The average molecular weight is 375 g/mol. The zero-order valence-corrected chi connectivity index (χ0v) is 15.5. The summed E-state index contributed by atoms with van der Waals surface area (Å²) in [6, 6.07) is 20.3. The Morgan fingerprint density at radius 1 is 1.19 bits per heavy atom. The highest BCUT2D eigenvalue weighted by Gasteiger charge is 2.08. The fraction of sp³-hybridized carbons (Fsp3) is 0.0952. The number of carbonyl (C=O) groups excluding carboxylic acids is 1. The number of benzene rings is 2. The largest absolute Gasteiger partial charge is 0.489 e. The Bertz CT molecular complexity index is 964. The Labute approximate surface area is 162 Å². The van der Waals surface area contributed by atoms with Crippen LogP contribution in [-0.4, -0.2) is 17.1 Å². The van der Waals surface area contributed by atoms with Crippen LogP contribution in [0.5, 0.6) is 5.75 Å². The summed E-state index contributed by atoms with van der Waals surface area (Å²) < 4.78 is 5.80. The number of nitrogens with zero attached hydrogens (tertiary/aromatic N) is 2. The number of amides is 1. The Morgan fingerprint density at radius 3 is 2.67 bits per heavy atom. The lowest BCUT2D eigenvalue weighted by atomic mass is 10.2. The lowest BCUT2D eigenvalue weighted by Gasteiger charge is -2.09. The lowest BCUT2D eigenvalue weighted by molar-refractivity contribution is 0.102. The van der Waals surface area contributed by atoms with Gasteiger partial charge in [-0.25, -0.2) is 4.98 Å². The van der Waals surface area contributed by atoms with Crippen LogP contribution in [0.1, 0.15) is 21.5 Å². The zero-order valence-electron chi connectivity index (χ0n) is 14.7. The van der Waals surface area contributed by atoms with Crippen molar-refractivity contribution in [2.75, 3.05) is 11.6 Å². The van der Waals surface area contributed by atoms with E-state index < -0.39 is 0 Å². The number of aromatic nitrogens is 1. The summed E-state index contributed by atoms with van der Waals surface area (Å²) in [4.78, 5) is 17.6. The van der Waals surface area contributed by atoms with Gasteiger partial charge < -0.3 is 10.1 Å². The molecule has 0 aliphatic heterocycles. The molecule has 0 aliphatic carbocycles. The van der Waals surface area contributed by atoms with Gasteiger partial charge in [0, 0.05) is 16.7 Å². The number of carbonyl (C=O) groups is 1. The zero-order chi connectivity index (χ0) is 19.1. The summed E-state index contributed by atoms with van der Waals surface area (Å²) in [6.07, 6.45) is 3.45. The van der Waals surface area contributed by atoms with Crippen molar-refractivity contribution in [3.8, 4) is 11.8 Å². The molecule has 1 amide bonds. The molecule has 1 heterocycles. The van der Waals surface area contributed by atoms with Crippen molar-refractivity contribution in [2.24, 2.45) is 0 Å². The molecule has 3 aromatic rings. The normalized spacial score (nSPS) is 10.1. The Balaban J connectivity index is 1.63. The SMILES string of the molecule is CSc1ccc(COc2cccc(C(=O)Nc3ccc(C#N)cn3)c2)cc1. The molecular formula is C21H17N3O2S. The molecule has 0 unspecified atom stereocenters. The second kappa shape index (κ2) is 8.88. The van der Waals surface area contributed by atoms with E-state index in [9.17, 15) is 4.79 Å². The molecule has 0 saturated carbocycles. The maximum absolute atomic E-state index is 12.4. The third-order valence-electron chi connectivity index (χ3n) is 3.79. The van der Waals surface area contributed by atoms with Gasteiger partial charge in [-0.1, -0.05) is 18.2 Å².